The van der Waals surface area contributed by atoms with Crippen LogP contribution in [0.3, 0.4) is 0 Å². The highest BCUT2D eigenvalue weighted by atomic mass is 35.5. The van der Waals surface area contributed by atoms with Gasteiger partial charge < -0.3 is 14.5 Å². The van der Waals surface area contributed by atoms with E-state index >= 15 is 0 Å². The summed E-state index contributed by atoms with van der Waals surface area (Å²) in [5, 5.41) is 12.0. The van der Waals surface area contributed by atoms with E-state index in [-0.39, 0.29) is 24.1 Å². The monoisotopic (exact) mass is 307 g/mol. The lowest BCUT2D eigenvalue weighted by molar-refractivity contribution is -0.254. The molecule has 1 aliphatic rings. The second kappa shape index (κ2) is 6.50. The number of hydrogen-bond acceptors (Lipinski definition) is 3. The third-order valence-corrected chi connectivity index (χ3v) is 4.28. The van der Waals surface area contributed by atoms with Gasteiger partial charge in [-0.15, -0.1) is 12.4 Å². The van der Waals surface area contributed by atoms with Gasteiger partial charge in [0.25, 0.3) is 0 Å². The highest BCUT2D eigenvalue weighted by Crippen LogP contribution is 2.27. The predicted molar refractivity (Wildman–Crippen MR) is 83.7 cm³/mol. The van der Waals surface area contributed by atoms with Crippen molar-refractivity contribution in [3.05, 3.63) is 36.0 Å². The van der Waals surface area contributed by atoms with Gasteiger partial charge in [-0.2, -0.15) is 0 Å². The summed E-state index contributed by atoms with van der Waals surface area (Å²) in [5.74, 6) is -1.11. The van der Waals surface area contributed by atoms with Gasteiger partial charge in [-0.1, -0.05) is 24.6 Å². The van der Waals surface area contributed by atoms with Crippen LogP contribution >= 0.6 is 12.4 Å². The molecular formula is C16H20ClN2O2-. The number of hydrogen-bond donors (Lipinski definition) is 0. The van der Waals surface area contributed by atoms with E-state index in [1.165, 1.54) is 19.3 Å². The molecule has 1 unspecified atom stereocenters. The molecule has 5 heteroatoms. The van der Waals surface area contributed by atoms with Crippen molar-refractivity contribution in [3.63, 3.8) is 0 Å². The van der Waals surface area contributed by atoms with E-state index in [0.717, 1.165) is 24.0 Å². The molecule has 21 heavy (non-hydrogen) atoms. The molecular weight excluding hydrogens is 288 g/mol. The maximum Gasteiger partial charge on any atom is 0.0836 e. The zero-order valence-electron chi connectivity index (χ0n) is 12.1. The molecule has 0 saturated carbocycles. The topological polar surface area (TPSA) is 48.3 Å². The predicted octanol–water partition coefficient (Wildman–Crippen LogP) is 2.43. The number of halogens is 1. The molecule has 4 nitrogen and oxygen atoms in total. The number of carbonyl (C=O) groups is 1. The van der Waals surface area contributed by atoms with Crippen molar-refractivity contribution in [3.8, 4) is 0 Å². The molecule has 0 aliphatic carbocycles. The fourth-order valence-electron chi connectivity index (χ4n) is 3.14. The van der Waals surface area contributed by atoms with E-state index in [0.29, 0.717) is 0 Å². The summed E-state index contributed by atoms with van der Waals surface area (Å²) in [6.07, 6.45) is 5.63. The van der Waals surface area contributed by atoms with Crippen LogP contribution in [0.25, 0.3) is 10.9 Å². The molecule has 1 aromatic heterocycles. The lowest BCUT2D eigenvalue weighted by atomic mass is 10.1. The minimum absolute atomic E-state index is 0. The van der Waals surface area contributed by atoms with Gasteiger partial charge in [0.05, 0.1) is 12.1 Å². The highest BCUT2D eigenvalue weighted by molar-refractivity contribution is 6.02. The molecule has 0 bridgehead atoms. The average molecular weight is 308 g/mol. The molecule has 1 aromatic carbocycles. The lowest BCUT2D eigenvalue weighted by Gasteiger charge is -2.33. The average Bonchev–Trinajstić information content (AvgIpc) is 2.87. The molecule has 0 N–H and O–H groups in total. The van der Waals surface area contributed by atoms with Crippen molar-refractivity contribution < 1.29 is 9.90 Å². The molecule has 2 aromatic rings. The normalized spacial score (nSPS) is 17.4. The molecule has 0 radical (unpaired) electrons. The zero-order valence-corrected chi connectivity index (χ0v) is 12.9. The molecule has 3 rings (SSSR count). The van der Waals surface area contributed by atoms with Crippen LogP contribution < -0.4 is 5.11 Å². The van der Waals surface area contributed by atoms with Crippen molar-refractivity contribution in [1.82, 2.24) is 9.47 Å². The number of aromatic carboxylic acids is 1. The first-order valence-electron chi connectivity index (χ1n) is 7.23. The highest BCUT2D eigenvalue weighted by Gasteiger charge is 2.20. The minimum atomic E-state index is -1.11. The van der Waals surface area contributed by atoms with E-state index in [9.17, 15) is 9.90 Å². The first-order valence-corrected chi connectivity index (χ1v) is 7.23. The SMILES string of the molecule is CC(N1CCCCC1)n1cc(C(=O)[O-])c2ccccc21.Cl. The van der Waals surface area contributed by atoms with Crippen LogP contribution in [0.1, 0.15) is 42.7 Å². The Labute approximate surface area is 130 Å². The van der Waals surface area contributed by atoms with Gasteiger partial charge in [0, 0.05) is 35.8 Å². The number of carboxylic acid groups (broad SMARTS) is 1. The van der Waals surface area contributed by atoms with E-state index in [1.54, 1.807) is 6.20 Å². The summed E-state index contributed by atoms with van der Waals surface area (Å²) < 4.78 is 2.06. The number of piperidine rings is 1. The number of carboxylic acids is 1. The standard InChI is InChI=1S/C16H20N2O2.ClH/c1-12(17-9-5-2-6-10-17)18-11-14(16(19)20)13-7-3-4-8-15(13)18;/h3-4,7-8,11-12H,2,5-6,9-10H2,1H3,(H,19,20);1H/p-1. The number of likely N-dealkylation sites (tertiary alicyclic amines) is 1. The van der Waals surface area contributed by atoms with E-state index in [2.05, 4.69) is 16.4 Å². The molecule has 1 fully saturated rings. The van der Waals surface area contributed by atoms with Crippen LogP contribution in [0, 0.1) is 0 Å². The molecule has 1 saturated heterocycles. The second-order valence-electron chi connectivity index (χ2n) is 5.48. The summed E-state index contributed by atoms with van der Waals surface area (Å²) in [7, 11) is 0. The summed E-state index contributed by atoms with van der Waals surface area (Å²) in [6.45, 7) is 4.29. The van der Waals surface area contributed by atoms with Crippen LogP contribution in [0.5, 0.6) is 0 Å². The van der Waals surface area contributed by atoms with Crippen molar-refractivity contribution in [1.29, 1.82) is 0 Å². The Bertz CT molecular complexity index is 632. The Balaban J connectivity index is 0.00000161. The molecule has 0 amide bonds. The van der Waals surface area contributed by atoms with Crippen molar-refractivity contribution in [2.45, 2.75) is 32.4 Å². The number of fused-ring (bicyclic) bond motifs is 1. The van der Waals surface area contributed by atoms with E-state index < -0.39 is 5.97 Å². The Hall–Kier alpha value is -1.52. The van der Waals surface area contributed by atoms with Gasteiger partial charge in [0.15, 0.2) is 0 Å². The smallest absolute Gasteiger partial charge is 0.0836 e. The lowest BCUT2D eigenvalue weighted by Crippen LogP contribution is -2.35. The van der Waals surface area contributed by atoms with E-state index in [1.807, 2.05) is 24.3 Å². The Kier molecular flexibility index (Phi) is 4.91. The van der Waals surface area contributed by atoms with Gasteiger partial charge >= 0.3 is 0 Å². The number of nitrogens with zero attached hydrogens (tertiary/aromatic N) is 2. The first kappa shape index (κ1) is 15.9. The van der Waals surface area contributed by atoms with E-state index in [4.69, 9.17) is 0 Å². The van der Waals surface area contributed by atoms with Crippen molar-refractivity contribution in [2.24, 2.45) is 0 Å². The third-order valence-electron chi connectivity index (χ3n) is 4.28. The summed E-state index contributed by atoms with van der Waals surface area (Å²) in [4.78, 5) is 13.7. The molecule has 1 atom stereocenters. The van der Waals surface area contributed by atoms with Crippen LogP contribution in [0.15, 0.2) is 30.5 Å². The third kappa shape index (κ3) is 2.92. The Morgan fingerprint density at radius 1 is 1.19 bits per heavy atom. The first-order chi connectivity index (χ1) is 9.68. The summed E-state index contributed by atoms with van der Waals surface area (Å²) >= 11 is 0. The van der Waals surface area contributed by atoms with Gasteiger partial charge in [-0.05, 0) is 25.8 Å². The maximum absolute atomic E-state index is 11.3. The van der Waals surface area contributed by atoms with Crippen LogP contribution in [0.4, 0.5) is 0 Å². The fourth-order valence-corrected chi connectivity index (χ4v) is 3.14. The molecule has 0 spiro atoms. The summed E-state index contributed by atoms with van der Waals surface area (Å²) in [6, 6.07) is 7.63. The maximum atomic E-state index is 11.3. The minimum Gasteiger partial charge on any atom is -0.545 e. The number of aromatic nitrogens is 1. The zero-order chi connectivity index (χ0) is 14.1. The quantitative estimate of drug-likeness (QED) is 0.875. The van der Waals surface area contributed by atoms with Crippen molar-refractivity contribution in [2.75, 3.05) is 13.1 Å². The second-order valence-corrected chi connectivity index (χ2v) is 5.48. The van der Waals surface area contributed by atoms with Crippen molar-refractivity contribution >= 4 is 29.3 Å². The van der Waals surface area contributed by atoms with Crippen LogP contribution in [-0.4, -0.2) is 28.5 Å². The largest absolute Gasteiger partial charge is 0.545 e. The summed E-state index contributed by atoms with van der Waals surface area (Å²) in [5.41, 5.74) is 1.24. The molecule has 2 heterocycles. The van der Waals surface area contributed by atoms with Gasteiger partial charge in [-0.25, -0.2) is 0 Å². The number of rotatable bonds is 3. The van der Waals surface area contributed by atoms with Crippen LogP contribution in [-0.2, 0) is 0 Å². The van der Waals surface area contributed by atoms with Gasteiger partial charge in [-0.3, -0.25) is 4.90 Å². The number of carbonyl (C=O) groups excluding carboxylic acids is 1. The van der Waals surface area contributed by atoms with Gasteiger partial charge in [0.2, 0.25) is 0 Å². The number of benzene rings is 1. The molecule has 1 aliphatic heterocycles. The molecule has 114 valence electrons. The van der Waals surface area contributed by atoms with Gasteiger partial charge in [0.1, 0.15) is 0 Å². The Morgan fingerprint density at radius 3 is 2.52 bits per heavy atom. The Morgan fingerprint density at radius 2 is 1.86 bits per heavy atom. The fraction of sp³-hybridized carbons (Fsp3) is 0.438. The number of para-hydroxylation sites is 1. The van der Waals surface area contributed by atoms with Crippen LogP contribution in [0.2, 0.25) is 0 Å².